The molecular formula is C20H21F3N2O2S. The third-order valence-electron chi connectivity index (χ3n) is 5.79. The molecule has 150 valence electrons. The number of benzene rings is 2. The first-order valence-corrected chi connectivity index (χ1v) is 10.7. The number of nitrogens with zero attached hydrogens (tertiary/aromatic N) is 1. The van der Waals surface area contributed by atoms with Crippen LogP contribution >= 0.6 is 0 Å². The number of sulfone groups is 1. The van der Waals surface area contributed by atoms with Gasteiger partial charge in [0.2, 0.25) is 9.84 Å². The highest BCUT2D eigenvalue weighted by molar-refractivity contribution is 7.91. The van der Waals surface area contributed by atoms with Crippen LogP contribution in [0.2, 0.25) is 0 Å². The van der Waals surface area contributed by atoms with E-state index >= 15 is 0 Å². The van der Waals surface area contributed by atoms with Crippen LogP contribution in [-0.4, -0.2) is 34.6 Å². The fourth-order valence-electron chi connectivity index (χ4n) is 4.31. The SMILES string of the molecule is CN1c2ccc(S(=O)(=O)c3ccc(C(F)(F)F)cc3)cc2[C@H]2CCNCC[C@@H]21. The molecule has 0 amide bonds. The molecule has 2 heterocycles. The van der Waals surface area contributed by atoms with Crippen molar-refractivity contribution in [3.05, 3.63) is 53.6 Å². The van der Waals surface area contributed by atoms with Crippen molar-refractivity contribution in [1.82, 2.24) is 5.32 Å². The van der Waals surface area contributed by atoms with Crippen LogP contribution in [0.3, 0.4) is 0 Å². The first kappa shape index (κ1) is 19.3. The first-order valence-electron chi connectivity index (χ1n) is 9.19. The summed E-state index contributed by atoms with van der Waals surface area (Å²) >= 11 is 0. The van der Waals surface area contributed by atoms with Gasteiger partial charge in [-0.2, -0.15) is 13.2 Å². The molecule has 4 nitrogen and oxygen atoms in total. The Kier molecular flexibility index (Phi) is 4.66. The van der Waals surface area contributed by atoms with Gasteiger partial charge >= 0.3 is 6.18 Å². The largest absolute Gasteiger partial charge is 0.416 e. The van der Waals surface area contributed by atoms with Crippen LogP contribution in [0.15, 0.2) is 52.3 Å². The topological polar surface area (TPSA) is 49.4 Å². The summed E-state index contributed by atoms with van der Waals surface area (Å²) in [4.78, 5) is 2.20. The molecule has 2 aliphatic rings. The highest BCUT2D eigenvalue weighted by atomic mass is 32.2. The summed E-state index contributed by atoms with van der Waals surface area (Å²) < 4.78 is 64.3. The minimum Gasteiger partial charge on any atom is -0.371 e. The zero-order valence-electron chi connectivity index (χ0n) is 15.3. The zero-order chi connectivity index (χ0) is 20.1. The number of hydrogen-bond acceptors (Lipinski definition) is 4. The van der Waals surface area contributed by atoms with Crippen molar-refractivity contribution >= 4 is 15.5 Å². The molecule has 2 aromatic carbocycles. The predicted octanol–water partition coefficient (Wildman–Crippen LogP) is 3.82. The van der Waals surface area contributed by atoms with Crippen molar-refractivity contribution in [2.45, 2.75) is 40.8 Å². The summed E-state index contributed by atoms with van der Waals surface area (Å²) in [5.74, 6) is 0.248. The Balaban J connectivity index is 1.71. The quantitative estimate of drug-likeness (QED) is 0.818. The molecule has 4 rings (SSSR count). The Morgan fingerprint density at radius 1 is 1.00 bits per heavy atom. The lowest BCUT2D eigenvalue weighted by Gasteiger charge is -2.24. The molecule has 28 heavy (non-hydrogen) atoms. The van der Waals surface area contributed by atoms with E-state index in [-0.39, 0.29) is 15.7 Å². The van der Waals surface area contributed by atoms with Gasteiger partial charge in [0.1, 0.15) is 0 Å². The second kappa shape index (κ2) is 6.77. The molecule has 0 saturated carbocycles. The second-order valence-corrected chi connectivity index (χ2v) is 9.31. The Hall–Kier alpha value is -2.06. The van der Waals surface area contributed by atoms with E-state index in [4.69, 9.17) is 0 Å². The summed E-state index contributed by atoms with van der Waals surface area (Å²) in [5.41, 5.74) is 1.17. The van der Waals surface area contributed by atoms with E-state index < -0.39 is 21.6 Å². The minimum atomic E-state index is -4.50. The lowest BCUT2D eigenvalue weighted by Crippen LogP contribution is -2.30. The van der Waals surface area contributed by atoms with Gasteiger partial charge in [0.15, 0.2) is 0 Å². The summed E-state index contributed by atoms with van der Waals surface area (Å²) in [6.45, 7) is 1.81. The van der Waals surface area contributed by atoms with Crippen molar-refractivity contribution in [3.8, 4) is 0 Å². The molecule has 2 aromatic rings. The monoisotopic (exact) mass is 410 g/mol. The van der Waals surface area contributed by atoms with Gasteiger partial charge in [-0.05, 0) is 74.0 Å². The zero-order valence-corrected chi connectivity index (χ0v) is 16.1. The van der Waals surface area contributed by atoms with Crippen molar-refractivity contribution < 1.29 is 21.6 Å². The molecule has 0 bridgehead atoms. The average molecular weight is 410 g/mol. The van der Waals surface area contributed by atoms with Crippen LogP contribution in [0.5, 0.6) is 0 Å². The van der Waals surface area contributed by atoms with Crippen molar-refractivity contribution in [2.24, 2.45) is 0 Å². The molecule has 8 heteroatoms. The third-order valence-corrected chi connectivity index (χ3v) is 7.56. The molecule has 1 saturated heterocycles. The molecule has 0 unspecified atom stereocenters. The van der Waals surface area contributed by atoms with Crippen LogP contribution in [0.25, 0.3) is 0 Å². The number of rotatable bonds is 2. The van der Waals surface area contributed by atoms with Crippen LogP contribution in [0.4, 0.5) is 18.9 Å². The summed E-state index contributed by atoms with van der Waals surface area (Å²) in [6.07, 6.45) is -2.59. The van der Waals surface area contributed by atoms with E-state index in [1.807, 2.05) is 13.1 Å². The van der Waals surface area contributed by atoms with E-state index in [1.165, 1.54) is 0 Å². The standard InChI is InChI=1S/C20H21F3N2O2S/c1-25-18-7-6-15(12-17(18)16-8-10-24-11-9-19(16)25)28(26,27)14-4-2-13(3-5-14)20(21,22)23/h2-7,12,16,19,24H,8-11H2,1H3/t16-,19+/m1/s1. The second-order valence-electron chi connectivity index (χ2n) is 7.36. The number of hydrogen-bond donors (Lipinski definition) is 1. The molecule has 2 atom stereocenters. The molecule has 0 spiro atoms. The fraction of sp³-hybridized carbons (Fsp3) is 0.400. The highest BCUT2D eigenvalue weighted by Crippen LogP contribution is 2.45. The van der Waals surface area contributed by atoms with Gasteiger partial charge in [-0.15, -0.1) is 0 Å². The van der Waals surface area contributed by atoms with Gasteiger partial charge < -0.3 is 10.2 Å². The average Bonchev–Trinajstić information content (AvgIpc) is 2.82. The molecule has 0 radical (unpaired) electrons. The van der Waals surface area contributed by atoms with Gasteiger partial charge in [0.25, 0.3) is 0 Å². The van der Waals surface area contributed by atoms with E-state index in [2.05, 4.69) is 10.2 Å². The number of anilines is 1. The van der Waals surface area contributed by atoms with Gasteiger partial charge in [0, 0.05) is 24.7 Å². The van der Waals surface area contributed by atoms with E-state index in [9.17, 15) is 21.6 Å². The number of fused-ring (bicyclic) bond motifs is 3. The minimum absolute atomic E-state index is 0.122. The smallest absolute Gasteiger partial charge is 0.371 e. The van der Waals surface area contributed by atoms with Crippen molar-refractivity contribution in [3.63, 3.8) is 0 Å². The normalized spacial score (nSPS) is 22.5. The van der Waals surface area contributed by atoms with Gasteiger partial charge in [-0.3, -0.25) is 0 Å². The van der Waals surface area contributed by atoms with Gasteiger partial charge in [0.05, 0.1) is 15.4 Å². The number of alkyl halides is 3. The van der Waals surface area contributed by atoms with Gasteiger partial charge in [-0.25, -0.2) is 8.42 Å². The number of likely N-dealkylation sites (N-methyl/N-ethyl adjacent to an activating group) is 1. The van der Waals surface area contributed by atoms with E-state index in [0.29, 0.717) is 6.04 Å². The maximum absolute atomic E-state index is 13.0. The van der Waals surface area contributed by atoms with Gasteiger partial charge in [-0.1, -0.05) is 0 Å². The van der Waals surface area contributed by atoms with Crippen LogP contribution in [0, 0.1) is 0 Å². The number of halogens is 3. The maximum Gasteiger partial charge on any atom is 0.416 e. The molecule has 0 aliphatic carbocycles. The molecule has 0 aromatic heterocycles. The molecular weight excluding hydrogens is 389 g/mol. The summed E-state index contributed by atoms with van der Waals surface area (Å²) in [6, 6.07) is 9.05. The van der Waals surface area contributed by atoms with E-state index in [1.54, 1.807) is 12.1 Å². The Morgan fingerprint density at radius 3 is 2.32 bits per heavy atom. The summed E-state index contributed by atoms with van der Waals surface area (Å²) in [5, 5.41) is 3.38. The lowest BCUT2D eigenvalue weighted by atomic mass is 9.91. The van der Waals surface area contributed by atoms with Crippen LogP contribution < -0.4 is 10.2 Å². The maximum atomic E-state index is 13.0. The highest BCUT2D eigenvalue weighted by Gasteiger charge is 2.38. The number of nitrogens with one attached hydrogen (secondary N) is 1. The predicted molar refractivity (Wildman–Crippen MR) is 100 cm³/mol. The van der Waals surface area contributed by atoms with E-state index in [0.717, 1.165) is 61.4 Å². The first-order chi connectivity index (χ1) is 13.2. The summed E-state index contributed by atoms with van der Waals surface area (Å²) in [7, 11) is -1.86. The molecule has 1 fully saturated rings. The lowest BCUT2D eigenvalue weighted by molar-refractivity contribution is -0.137. The van der Waals surface area contributed by atoms with Crippen LogP contribution in [0.1, 0.15) is 29.9 Å². The Labute approximate surface area is 162 Å². The Morgan fingerprint density at radius 2 is 1.64 bits per heavy atom. The van der Waals surface area contributed by atoms with Crippen LogP contribution in [-0.2, 0) is 16.0 Å². The Bertz CT molecular complexity index is 988. The molecule has 2 aliphatic heterocycles. The fourth-order valence-corrected chi connectivity index (χ4v) is 5.60. The molecule has 1 N–H and O–H groups in total. The van der Waals surface area contributed by atoms with Crippen molar-refractivity contribution in [1.29, 1.82) is 0 Å². The van der Waals surface area contributed by atoms with Crippen molar-refractivity contribution in [2.75, 3.05) is 25.0 Å². The third kappa shape index (κ3) is 3.18.